The van der Waals surface area contributed by atoms with Gasteiger partial charge >= 0.3 is 0 Å². The normalized spacial score (nSPS) is 10.2. The van der Waals surface area contributed by atoms with E-state index in [0.717, 1.165) is 11.4 Å². The summed E-state index contributed by atoms with van der Waals surface area (Å²) in [6.45, 7) is 0. The van der Waals surface area contributed by atoms with Gasteiger partial charge in [-0.05, 0) is 36.4 Å². The zero-order chi connectivity index (χ0) is 18.5. The molecule has 3 aromatic rings. The van der Waals surface area contributed by atoms with E-state index in [1.807, 2.05) is 60.7 Å². The molecule has 5 heteroatoms. The number of hydrogen-bond acceptors (Lipinski definition) is 3. The van der Waals surface area contributed by atoms with E-state index in [0.29, 0.717) is 0 Å². The highest BCUT2D eigenvalue weighted by Gasteiger charge is 2.19. The maximum absolute atomic E-state index is 12.7. The number of benzene rings is 2. The molecule has 0 saturated heterocycles. The van der Waals surface area contributed by atoms with Crippen LogP contribution in [0.15, 0.2) is 78.9 Å². The van der Waals surface area contributed by atoms with Crippen LogP contribution >= 0.6 is 0 Å². The quantitative estimate of drug-likeness (QED) is 0.725. The second kappa shape index (κ2) is 7.61. The number of carbonyl (C=O) groups is 2. The fourth-order valence-electron chi connectivity index (χ4n) is 2.55. The lowest BCUT2D eigenvalue weighted by molar-refractivity contribution is 0.0984. The van der Waals surface area contributed by atoms with Gasteiger partial charge in [0.05, 0.1) is 0 Å². The van der Waals surface area contributed by atoms with Crippen molar-refractivity contribution < 1.29 is 9.59 Å². The first-order valence-corrected chi connectivity index (χ1v) is 8.21. The summed E-state index contributed by atoms with van der Waals surface area (Å²) in [5.41, 5.74) is 1.97. The first kappa shape index (κ1) is 17.4. The molecule has 0 aliphatic heterocycles. The van der Waals surface area contributed by atoms with Gasteiger partial charge in [0.1, 0.15) is 11.4 Å². The van der Waals surface area contributed by atoms with E-state index < -0.39 is 0 Å². The van der Waals surface area contributed by atoms with Crippen LogP contribution in [0.2, 0.25) is 0 Å². The Balaban J connectivity index is 1.84. The largest absolute Gasteiger partial charge is 0.310 e. The highest BCUT2D eigenvalue weighted by molar-refractivity contribution is 6.07. The minimum atomic E-state index is -0.270. The van der Waals surface area contributed by atoms with Gasteiger partial charge in [-0.1, -0.05) is 42.5 Å². The highest BCUT2D eigenvalue weighted by atomic mass is 16.2. The maximum Gasteiger partial charge on any atom is 0.276 e. The first-order valence-electron chi connectivity index (χ1n) is 8.21. The number of rotatable bonds is 4. The van der Waals surface area contributed by atoms with Crippen LogP contribution in [0.1, 0.15) is 21.0 Å². The molecule has 26 heavy (non-hydrogen) atoms. The Morgan fingerprint density at radius 1 is 0.615 bits per heavy atom. The van der Waals surface area contributed by atoms with E-state index in [1.54, 1.807) is 32.3 Å². The van der Waals surface area contributed by atoms with Gasteiger partial charge < -0.3 is 9.80 Å². The van der Waals surface area contributed by atoms with Gasteiger partial charge in [0.15, 0.2) is 0 Å². The third-order valence-corrected chi connectivity index (χ3v) is 4.08. The van der Waals surface area contributed by atoms with Crippen molar-refractivity contribution in [3.8, 4) is 0 Å². The Kier molecular flexibility index (Phi) is 5.08. The predicted molar refractivity (Wildman–Crippen MR) is 103 cm³/mol. The molecule has 1 heterocycles. The van der Waals surface area contributed by atoms with Crippen molar-refractivity contribution in [3.63, 3.8) is 0 Å². The lowest BCUT2D eigenvalue weighted by atomic mass is 10.2. The van der Waals surface area contributed by atoms with Crippen LogP contribution in [0, 0.1) is 0 Å². The highest BCUT2D eigenvalue weighted by Crippen LogP contribution is 2.16. The van der Waals surface area contributed by atoms with Crippen molar-refractivity contribution >= 4 is 23.2 Å². The van der Waals surface area contributed by atoms with E-state index in [9.17, 15) is 9.59 Å². The molecule has 130 valence electrons. The number of nitrogens with zero attached hydrogens (tertiary/aromatic N) is 3. The molecule has 5 nitrogen and oxygen atoms in total. The van der Waals surface area contributed by atoms with E-state index in [-0.39, 0.29) is 23.2 Å². The topological polar surface area (TPSA) is 53.5 Å². The lowest BCUT2D eigenvalue weighted by Gasteiger charge is -2.19. The second-order valence-electron chi connectivity index (χ2n) is 5.81. The van der Waals surface area contributed by atoms with Crippen molar-refractivity contribution in [1.82, 2.24) is 4.98 Å². The van der Waals surface area contributed by atoms with E-state index in [1.165, 1.54) is 9.80 Å². The zero-order valence-corrected chi connectivity index (χ0v) is 14.7. The smallest absolute Gasteiger partial charge is 0.276 e. The Hall–Kier alpha value is -3.47. The Labute approximate surface area is 152 Å². The number of amides is 2. The number of aromatic nitrogens is 1. The summed E-state index contributed by atoms with van der Waals surface area (Å²) in [6, 6.07) is 23.5. The average Bonchev–Trinajstić information content (AvgIpc) is 2.73. The van der Waals surface area contributed by atoms with Gasteiger partial charge in [0.25, 0.3) is 11.8 Å². The van der Waals surface area contributed by atoms with E-state index in [4.69, 9.17) is 0 Å². The molecule has 1 aromatic heterocycles. The van der Waals surface area contributed by atoms with Crippen LogP contribution in [0.4, 0.5) is 11.4 Å². The Bertz CT molecular complexity index is 838. The maximum atomic E-state index is 12.7. The lowest BCUT2D eigenvalue weighted by Crippen LogP contribution is -2.30. The number of hydrogen-bond donors (Lipinski definition) is 0. The molecule has 0 fully saturated rings. The standard InChI is InChI=1S/C21H19N3O2/c1-23(16-10-5-3-6-11-16)20(25)18-14-9-15-19(22-18)21(26)24(2)17-12-7-4-8-13-17/h3-15H,1-2H3. The van der Waals surface area contributed by atoms with Gasteiger partial charge in [-0.15, -0.1) is 0 Å². The molecule has 0 spiro atoms. The molecule has 0 radical (unpaired) electrons. The molecule has 2 amide bonds. The Morgan fingerprint density at radius 3 is 1.38 bits per heavy atom. The van der Waals surface area contributed by atoms with Crippen LogP contribution in [-0.4, -0.2) is 30.9 Å². The van der Waals surface area contributed by atoms with Crippen molar-refractivity contribution in [2.45, 2.75) is 0 Å². The van der Waals surface area contributed by atoms with Crippen molar-refractivity contribution in [3.05, 3.63) is 90.3 Å². The molecule has 0 aliphatic carbocycles. The van der Waals surface area contributed by atoms with Crippen molar-refractivity contribution in [2.75, 3.05) is 23.9 Å². The van der Waals surface area contributed by atoms with Crippen molar-refractivity contribution in [1.29, 1.82) is 0 Å². The van der Waals surface area contributed by atoms with Gasteiger partial charge in [0, 0.05) is 25.5 Å². The van der Waals surface area contributed by atoms with Crippen LogP contribution < -0.4 is 9.80 Å². The molecule has 0 bridgehead atoms. The van der Waals surface area contributed by atoms with Gasteiger partial charge in [-0.2, -0.15) is 0 Å². The summed E-state index contributed by atoms with van der Waals surface area (Å²) in [4.78, 5) is 32.7. The van der Waals surface area contributed by atoms with Gasteiger partial charge in [-0.3, -0.25) is 9.59 Å². The Morgan fingerprint density at radius 2 is 1.00 bits per heavy atom. The van der Waals surface area contributed by atoms with Crippen molar-refractivity contribution in [2.24, 2.45) is 0 Å². The van der Waals surface area contributed by atoms with Crippen LogP contribution in [-0.2, 0) is 0 Å². The third kappa shape index (κ3) is 3.62. The molecular formula is C21H19N3O2. The first-order chi connectivity index (χ1) is 12.6. The summed E-state index contributed by atoms with van der Waals surface area (Å²) in [5, 5.41) is 0. The van der Waals surface area contributed by atoms with E-state index in [2.05, 4.69) is 4.98 Å². The molecule has 0 saturated carbocycles. The summed E-state index contributed by atoms with van der Waals surface area (Å²) < 4.78 is 0. The molecule has 0 unspecified atom stereocenters. The van der Waals surface area contributed by atoms with Gasteiger partial charge in [0.2, 0.25) is 0 Å². The SMILES string of the molecule is CN(C(=O)c1cccc(C(=O)N(C)c2ccccc2)n1)c1ccccc1. The monoisotopic (exact) mass is 345 g/mol. The minimum Gasteiger partial charge on any atom is -0.310 e. The molecule has 0 aliphatic rings. The predicted octanol–water partition coefficient (Wildman–Crippen LogP) is 3.63. The summed E-state index contributed by atoms with van der Waals surface area (Å²) in [5.74, 6) is -0.540. The average molecular weight is 345 g/mol. The molecule has 0 N–H and O–H groups in total. The third-order valence-electron chi connectivity index (χ3n) is 4.08. The molecule has 3 rings (SSSR count). The molecule has 2 aromatic carbocycles. The number of pyridine rings is 1. The van der Waals surface area contributed by atoms with E-state index >= 15 is 0 Å². The fraction of sp³-hybridized carbons (Fsp3) is 0.0952. The number of carbonyl (C=O) groups excluding carboxylic acids is 2. The molecular weight excluding hydrogens is 326 g/mol. The van der Waals surface area contributed by atoms with Crippen LogP contribution in [0.25, 0.3) is 0 Å². The summed E-state index contributed by atoms with van der Waals surface area (Å²) >= 11 is 0. The molecule has 0 atom stereocenters. The minimum absolute atomic E-state index is 0.226. The van der Waals surface area contributed by atoms with Gasteiger partial charge in [-0.25, -0.2) is 4.98 Å². The fourth-order valence-corrected chi connectivity index (χ4v) is 2.55. The summed E-state index contributed by atoms with van der Waals surface area (Å²) in [7, 11) is 3.37. The van der Waals surface area contributed by atoms with Crippen LogP contribution in [0.3, 0.4) is 0 Å². The number of para-hydroxylation sites is 2. The zero-order valence-electron chi connectivity index (χ0n) is 14.7. The number of anilines is 2. The summed E-state index contributed by atoms with van der Waals surface area (Å²) in [6.07, 6.45) is 0. The van der Waals surface area contributed by atoms with Crippen LogP contribution in [0.5, 0.6) is 0 Å². The second-order valence-corrected chi connectivity index (χ2v) is 5.81.